The summed E-state index contributed by atoms with van der Waals surface area (Å²) >= 11 is 6.07. The van der Waals surface area contributed by atoms with E-state index in [-0.39, 0.29) is 0 Å². The Labute approximate surface area is 95.2 Å². The molecule has 0 bridgehead atoms. The maximum Gasteiger partial charge on any atom is 0.123 e. The van der Waals surface area contributed by atoms with Crippen LogP contribution in [0.15, 0.2) is 12.1 Å². The fourth-order valence-corrected chi connectivity index (χ4v) is 2.16. The molecule has 1 unspecified atom stereocenters. The average Bonchev–Trinajstić information content (AvgIpc) is 2.58. The van der Waals surface area contributed by atoms with Gasteiger partial charge in [-0.15, -0.1) is 0 Å². The van der Waals surface area contributed by atoms with E-state index in [4.69, 9.17) is 17.3 Å². The second-order valence-electron chi connectivity index (χ2n) is 4.29. The Balaban J connectivity index is 2.07. The Hall–Kier alpha value is -0.800. The third kappa shape index (κ3) is 2.61. The van der Waals surface area contributed by atoms with E-state index in [2.05, 4.69) is 16.8 Å². The van der Waals surface area contributed by atoms with Crippen molar-refractivity contribution in [2.75, 3.05) is 18.8 Å². The number of rotatable bonds is 2. The lowest BCUT2D eigenvalue weighted by Crippen LogP contribution is -2.20. The summed E-state index contributed by atoms with van der Waals surface area (Å²) in [6.45, 7) is 5.35. The molecule has 0 aliphatic carbocycles. The number of anilines is 1. The highest BCUT2D eigenvalue weighted by Gasteiger charge is 2.19. The molecule has 1 aliphatic rings. The first-order valence-corrected chi connectivity index (χ1v) is 5.66. The zero-order chi connectivity index (χ0) is 10.8. The predicted octanol–water partition coefficient (Wildman–Crippen LogP) is 2.16. The third-order valence-electron chi connectivity index (χ3n) is 2.82. The van der Waals surface area contributed by atoms with Crippen molar-refractivity contribution in [1.29, 1.82) is 0 Å². The van der Waals surface area contributed by atoms with Crippen molar-refractivity contribution in [3.63, 3.8) is 0 Å². The number of likely N-dealkylation sites (tertiary alicyclic amines) is 1. The minimum Gasteiger partial charge on any atom is -0.384 e. The molecule has 0 amide bonds. The van der Waals surface area contributed by atoms with E-state index in [9.17, 15) is 0 Å². The Morgan fingerprint density at radius 2 is 2.40 bits per heavy atom. The molecule has 4 heteroatoms. The lowest BCUT2D eigenvalue weighted by molar-refractivity contribution is 0.316. The van der Waals surface area contributed by atoms with Crippen molar-refractivity contribution in [1.82, 2.24) is 9.88 Å². The molecule has 2 N–H and O–H groups in total. The maximum atomic E-state index is 6.07. The first kappa shape index (κ1) is 10.7. The van der Waals surface area contributed by atoms with Crippen LogP contribution in [0.2, 0.25) is 5.02 Å². The highest BCUT2D eigenvalue weighted by atomic mass is 35.5. The molecule has 82 valence electrons. The first-order valence-electron chi connectivity index (χ1n) is 5.28. The van der Waals surface area contributed by atoms with Crippen LogP contribution in [0.3, 0.4) is 0 Å². The summed E-state index contributed by atoms with van der Waals surface area (Å²) in [5.41, 5.74) is 6.53. The molecule has 15 heavy (non-hydrogen) atoms. The molecule has 1 aromatic rings. The van der Waals surface area contributed by atoms with E-state index in [1.54, 1.807) is 6.07 Å². The summed E-state index contributed by atoms with van der Waals surface area (Å²) < 4.78 is 0. The van der Waals surface area contributed by atoms with Gasteiger partial charge in [0, 0.05) is 13.1 Å². The fraction of sp³-hybridized carbons (Fsp3) is 0.545. The number of nitrogen functional groups attached to an aromatic ring is 1. The highest BCUT2D eigenvalue weighted by molar-refractivity contribution is 6.31. The van der Waals surface area contributed by atoms with Gasteiger partial charge in [-0.25, -0.2) is 4.98 Å². The van der Waals surface area contributed by atoms with Gasteiger partial charge in [-0.05, 0) is 31.0 Å². The van der Waals surface area contributed by atoms with Gasteiger partial charge in [-0.1, -0.05) is 18.5 Å². The lowest BCUT2D eigenvalue weighted by atomic mass is 10.2. The molecule has 1 aromatic heterocycles. The number of halogens is 1. The van der Waals surface area contributed by atoms with Crippen LogP contribution in [0.5, 0.6) is 0 Å². The van der Waals surface area contributed by atoms with E-state index in [0.717, 1.165) is 31.2 Å². The minimum atomic E-state index is 0.543. The summed E-state index contributed by atoms with van der Waals surface area (Å²) in [6.07, 6.45) is 1.26. The summed E-state index contributed by atoms with van der Waals surface area (Å²) in [7, 11) is 0. The van der Waals surface area contributed by atoms with Crippen molar-refractivity contribution in [2.45, 2.75) is 19.9 Å². The normalized spacial score (nSPS) is 22.1. The van der Waals surface area contributed by atoms with Crippen LogP contribution in [0, 0.1) is 5.92 Å². The van der Waals surface area contributed by atoms with E-state index in [1.165, 1.54) is 6.42 Å². The summed E-state index contributed by atoms with van der Waals surface area (Å²) in [5, 5.41) is 0.712. The number of hydrogen-bond donors (Lipinski definition) is 1. The lowest BCUT2D eigenvalue weighted by Gasteiger charge is -2.15. The molecule has 0 aromatic carbocycles. The summed E-state index contributed by atoms with van der Waals surface area (Å²) in [4.78, 5) is 6.64. The highest BCUT2D eigenvalue weighted by Crippen LogP contribution is 2.21. The average molecular weight is 226 g/mol. The fourth-order valence-electron chi connectivity index (χ4n) is 1.99. The van der Waals surface area contributed by atoms with Crippen LogP contribution in [0.1, 0.15) is 19.0 Å². The smallest absolute Gasteiger partial charge is 0.123 e. The largest absolute Gasteiger partial charge is 0.384 e. The molecule has 1 fully saturated rings. The number of nitrogens with zero attached hydrogens (tertiary/aromatic N) is 2. The molecule has 1 atom stereocenters. The minimum absolute atomic E-state index is 0.543. The summed E-state index contributed by atoms with van der Waals surface area (Å²) in [6, 6.07) is 3.55. The van der Waals surface area contributed by atoms with E-state index >= 15 is 0 Å². The number of nitrogens with two attached hydrogens (primary N) is 1. The van der Waals surface area contributed by atoms with Gasteiger partial charge >= 0.3 is 0 Å². The molecule has 1 saturated heterocycles. The van der Waals surface area contributed by atoms with Crippen molar-refractivity contribution in [3.05, 3.63) is 22.8 Å². The number of hydrogen-bond acceptors (Lipinski definition) is 3. The molecule has 2 heterocycles. The molecular weight excluding hydrogens is 210 g/mol. The van der Waals surface area contributed by atoms with Gasteiger partial charge in [-0.2, -0.15) is 0 Å². The van der Waals surface area contributed by atoms with E-state index < -0.39 is 0 Å². The quantitative estimate of drug-likeness (QED) is 0.839. The topological polar surface area (TPSA) is 42.2 Å². The van der Waals surface area contributed by atoms with Crippen LogP contribution in [0.4, 0.5) is 5.82 Å². The van der Waals surface area contributed by atoms with Gasteiger partial charge < -0.3 is 5.73 Å². The van der Waals surface area contributed by atoms with Crippen LogP contribution < -0.4 is 5.73 Å². The zero-order valence-electron chi connectivity index (χ0n) is 8.91. The standard InChI is InChI=1S/C11H16ClN3/c1-8-4-5-15(6-8)7-10-9(12)2-3-11(13)14-10/h2-3,8H,4-7H2,1H3,(H2,13,14). The van der Waals surface area contributed by atoms with Gasteiger partial charge in [0.2, 0.25) is 0 Å². The van der Waals surface area contributed by atoms with Gasteiger partial charge in [0.1, 0.15) is 5.82 Å². The molecular formula is C11H16ClN3. The van der Waals surface area contributed by atoms with Crippen molar-refractivity contribution in [3.8, 4) is 0 Å². The van der Waals surface area contributed by atoms with Gasteiger partial charge in [-0.3, -0.25) is 4.90 Å². The second kappa shape index (κ2) is 4.37. The van der Waals surface area contributed by atoms with E-state index in [1.807, 2.05) is 6.07 Å². The maximum absolute atomic E-state index is 6.07. The van der Waals surface area contributed by atoms with Crippen molar-refractivity contribution in [2.24, 2.45) is 5.92 Å². The van der Waals surface area contributed by atoms with Crippen molar-refractivity contribution < 1.29 is 0 Å². The Morgan fingerprint density at radius 1 is 1.60 bits per heavy atom. The Kier molecular flexibility index (Phi) is 3.12. The van der Waals surface area contributed by atoms with Crippen LogP contribution in [0.25, 0.3) is 0 Å². The van der Waals surface area contributed by atoms with Gasteiger partial charge in [0.25, 0.3) is 0 Å². The van der Waals surface area contributed by atoms with Crippen LogP contribution >= 0.6 is 11.6 Å². The number of aromatic nitrogens is 1. The number of pyridine rings is 1. The molecule has 0 saturated carbocycles. The molecule has 1 aliphatic heterocycles. The van der Waals surface area contributed by atoms with Gasteiger partial charge in [0.05, 0.1) is 10.7 Å². The van der Waals surface area contributed by atoms with Gasteiger partial charge in [0.15, 0.2) is 0 Å². The van der Waals surface area contributed by atoms with Crippen molar-refractivity contribution >= 4 is 17.4 Å². The summed E-state index contributed by atoms with van der Waals surface area (Å²) in [5.74, 6) is 1.33. The van der Waals surface area contributed by atoms with E-state index in [0.29, 0.717) is 10.8 Å². The third-order valence-corrected chi connectivity index (χ3v) is 3.17. The second-order valence-corrected chi connectivity index (χ2v) is 4.70. The first-order chi connectivity index (χ1) is 7.15. The Bertz CT molecular complexity index is 354. The molecule has 0 spiro atoms. The van der Waals surface area contributed by atoms with Crippen LogP contribution in [-0.4, -0.2) is 23.0 Å². The monoisotopic (exact) mass is 225 g/mol. The molecule has 3 nitrogen and oxygen atoms in total. The predicted molar refractivity (Wildman–Crippen MR) is 62.7 cm³/mol. The molecule has 2 rings (SSSR count). The molecule has 0 radical (unpaired) electrons. The Morgan fingerprint density at radius 3 is 3.07 bits per heavy atom. The SMILES string of the molecule is CC1CCN(Cc2nc(N)ccc2Cl)C1. The zero-order valence-corrected chi connectivity index (χ0v) is 9.67. The van der Waals surface area contributed by atoms with Crippen LogP contribution in [-0.2, 0) is 6.54 Å².